The molecule has 1 aliphatic carbocycles. The number of anilines is 1. The van der Waals surface area contributed by atoms with Crippen LogP contribution in [0.2, 0.25) is 0 Å². The van der Waals surface area contributed by atoms with E-state index in [1.807, 2.05) is 12.1 Å². The van der Waals surface area contributed by atoms with Crippen molar-refractivity contribution in [1.82, 2.24) is 10.2 Å². The standard InChI is InChI=1S/C10H12IN3O/c11-8-1-2-9(13-12-8)14-4-6-3-7(5-14)10(6)15/h1-2,6-7,10,15H,3-5H2. The Hall–Kier alpha value is -0.430. The normalized spacial score (nSPS) is 33.7. The van der Waals surface area contributed by atoms with E-state index in [2.05, 4.69) is 37.7 Å². The quantitative estimate of drug-likeness (QED) is 0.782. The number of hydrogen-bond donors (Lipinski definition) is 1. The summed E-state index contributed by atoms with van der Waals surface area (Å²) in [5.74, 6) is 1.84. The minimum Gasteiger partial charge on any atom is -0.392 e. The van der Waals surface area contributed by atoms with Gasteiger partial charge in [-0.15, -0.1) is 10.2 Å². The van der Waals surface area contributed by atoms with Gasteiger partial charge in [0.15, 0.2) is 5.82 Å². The fraction of sp³-hybridized carbons (Fsp3) is 0.600. The molecule has 2 unspecified atom stereocenters. The minimum absolute atomic E-state index is 0.0712. The molecule has 0 aromatic carbocycles. The number of nitrogens with zero attached hydrogens (tertiary/aromatic N) is 3. The Kier molecular flexibility index (Phi) is 2.31. The van der Waals surface area contributed by atoms with Gasteiger partial charge >= 0.3 is 0 Å². The van der Waals surface area contributed by atoms with Crippen molar-refractivity contribution in [3.05, 3.63) is 15.8 Å². The van der Waals surface area contributed by atoms with Crippen molar-refractivity contribution in [3.8, 4) is 0 Å². The Bertz CT molecular complexity index is 357. The van der Waals surface area contributed by atoms with E-state index in [1.165, 1.54) is 6.42 Å². The van der Waals surface area contributed by atoms with E-state index < -0.39 is 0 Å². The zero-order valence-corrected chi connectivity index (χ0v) is 10.3. The molecule has 0 radical (unpaired) electrons. The van der Waals surface area contributed by atoms with Crippen LogP contribution >= 0.6 is 22.6 Å². The second kappa shape index (κ2) is 3.55. The van der Waals surface area contributed by atoms with E-state index in [4.69, 9.17) is 0 Å². The summed E-state index contributed by atoms with van der Waals surface area (Å²) in [6, 6.07) is 3.98. The molecule has 3 heterocycles. The maximum absolute atomic E-state index is 9.67. The van der Waals surface area contributed by atoms with Crippen molar-refractivity contribution >= 4 is 28.4 Å². The third-order valence-corrected chi connectivity index (χ3v) is 4.00. The molecule has 3 aliphatic rings. The summed E-state index contributed by atoms with van der Waals surface area (Å²) in [6.45, 7) is 1.85. The van der Waals surface area contributed by atoms with Gasteiger partial charge in [-0.2, -0.15) is 0 Å². The lowest BCUT2D eigenvalue weighted by atomic mass is 9.68. The van der Waals surface area contributed by atoms with E-state index in [-0.39, 0.29) is 6.10 Å². The van der Waals surface area contributed by atoms with Crippen molar-refractivity contribution < 1.29 is 5.11 Å². The third-order valence-electron chi connectivity index (χ3n) is 3.42. The lowest BCUT2D eigenvalue weighted by Gasteiger charge is -2.51. The van der Waals surface area contributed by atoms with Crippen LogP contribution in [0.4, 0.5) is 5.82 Å². The highest BCUT2D eigenvalue weighted by atomic mass is 127. The predicted molar refractivity (Wildman–Crippen MR) is 64.6 cm³/mol. The van der Waals surface area contributed by atoms with Crippen LogP contribution < -0.4 is 4.90 Å². The highest BCUT2D eigenvalue weighted by molar-refractivity contribution is 14.1. The van der Waals surface area contributed by atoms with Crippen molar-refractivity contribution in [1.29, 1.82) is 0 Å². The fourth-order valence-corrected chi connectivity index (χ4v) is 2.81. The number of fused-ring (bicyclic) bond motifs is 2. The molecule has 2 atom stereocenters. The van der Waals surface area contributed by atoms with Crippen molar-refractivity contribution in [2.75, 3.05) is 18.0 Å². The molecule has 4 rings (SSSR count). The van der Waals surface area contributed by atoms with Gasteiger partial charge in [-0.05, 0) is 41.1 Å². The third kappa shape index (κ3) is 1.61. The maximum Gasteiger partial charge on any atom is 0.151 e. The second-order valence-corrected chi connectivity index (χ2v) is 5.47. The van der Waals surface area contributed by atoms with Crippen LogP contribution in [0.5, 0.6) is 0 Å². The van der Waals surface area contributed by atoms with Crippen LogP contribution in [-0.4, -0.2) is 34.5 Å². The first kappa shape index (κ1) is 9.77. The van der Waals surface area contributed by atoms with Crippen LogP contribution in [0.25, 0.3) is 0 Å². The average molecular weight is 317 g/mol. The van der Waals surface area contributed by atoms with Crippen LogP contribution in [-0.2, 0) is 0 Å². The van der Waals surface area contributed by atoms with Crippen LogP contribution in [0.1, 0.15) is 6.42 Å². The van der Waals surface area contributed by atoms with Gasteiger partial charge in [-0.1, -0.05) is 0 Å². The molecule has 15 heavy (non-hydrogen) atoms. The number of aromatic nitrogens is 2. The van der Waals surface area contributed by atoms with Gasteiger partial charge in [0.05, 0.1) is 6.10 Å². The molecule has 4 nitrogen and oxygen atoms in total. The molecule has 5 heteroatoms. The molecule has 80 valence electrons. The maximum atomic E-state index is 9.67. The molecule has 1 N–H and O–H groups in total. The molecule has 0 amide bonds. The van der Waals surface area contributed by atoms with E-state index in [9.17, 15) is 5.11 Å². The Morgan fingerprint density at radius 2 is 2.00 bits per heavy atom. The number of aliphatic hydroxyl groups excluding tert-OH is 1. The first-order valence-corrected chi connectivity index (χ1v) is 6.24. The molecule has 1 saturated carbocycles. The molecule has 2 bridgehead atoms. The molecular weight excluding hydrogens is 305 g/mol. The predicted octanol–water partition coefficient (Wildman–Crippen LogP) is 0.898. The first-order chi connectivity index (χ1) is 7.24. The number of rotatable bonds is 1. The van der Waals surface area contributed by atoms with Gasteiger partial charge in [0.2, 0.25) is 0 Å². The Balaban J connectivity index is 1.77. The summed E-state index contributed by atoms with van der Waals surface area (Å²) in [6.07, 6.45) is 1.10. The molecule has 2 saturated heterocycles. The summed E-state index contributed by atoms with van der Waals surface area (Å²) >= 11 is 2.15. The van der Waals surface area contributed by atoms with E-state index in [1.54, 1.807) is 0 Å². The summed E-state index contributed by atoms with van der Waals surface area (Å²) in [7, 11) is 0. The summed E-state index contributed by atoms with van der Waals surface area (Å²) in [4.78, 5) is 2.23. The lowest BCUT2D eigenvalue weighted by molar-refractivity contribution is -0.0533. The molecule has 3 fully saturated rings. The number of piperidine rings is 2. The van der Waals surface area contributed by atoms with Gasteiger partial charge in [-0.3, -0.25) is 0 Å². The van der Waals surface area contributed by atoms with E-state index in [0.29, 0.717) is 11.8 Å². The van der Waals surface area contributed by atoms with Gasteiger partial charge < -0.3 is 10.0 Å². The van der Waals surface area contributed by atoms with E-state index in [0.717, 1.165) is 22.6 Å². The highest BCUT2D eigenvalue weighted by Crippen LogP contribution is 2.40. The second-order valence-electron chi connectivity index (χ2n) is 4.37. The van der Waals surface area contributed by atoms with Crippen LogP contribution in [0.15, 0.2) is 12.1 Å². The number of halogens is 1. The number of hydrogen-bond acceptors (Lipinski definition) is 4. The largest absolute Gasteiger partial charge is 0.392 e. The summed E-state index contributed by atoms with van der Waals surface area (Å²) in [5, 5.41) is 17.9. The minimum atomic E-state index is -0.0712. The smallest absolute Gasteiger partial charge is 0.151 e. The fourth-order valence-electron chi connectivity index (χ4n) is 2.53. The van der Waals surface area contributed by atoms with Gasteiger partial charge in [-0.25, -0.2) is 0 Å². The average Bonchev–Trinajstić information content (AvgIpc) is 2.29. The molecule has 1 aromatic rings. The zero-order valence-electron chi connectivity index (χ0n) is 8.17. The zero-order chi connectivity index (χ0) is 10.4. The summed E-state index contributed by atoms with van der Waals surface area (Å²) in [5.41, 5.74) is 0. The van der Waals surface area contributed by atoms with Crippen molar-refractivity contribution in [2.24, 2.45) is 11.8 Å². The topological polar surface area (TPSA) is 49.2 Å². The Labute approximate surface area is 102 Å². The molecule has 0 spiro atoms. The lowest BCUT2D eigenvalue weighted by Crippen LogP contribution is -2.58. The number of aliphatic hydroxyl groups is 1. The van der Waals surface area contributed by atoms with Crippen molar-refractivity contribution in [2.45, 2.75) is 12.5 Å². The highest BCUT2D eigenvalue weighted by Gasteiger charge is 2.45. The van der Waals surface area contributed by atoms with Crippen LogP contribution in [0.3, 0.4) is 0 Å². The Morgan fingerprint density at radius 3 is 2.53 bits per heavy atom. The van der Waals surface area contributed by atoms with Gasteiger partial charge in [0.1, 0.15) is 3.70 Å². The molecule has 1 aromatic heterocycles. The monoisotopic (exact) mass is 317 g/mol. The SMILES string of the molecule is OC1C2CC1CN(c1ccc(I)nn1)C2. The van der Waals surface area contributed by atoms with Crippen LogP contribution in [0, 0.1) is 15.5 Å². The van der Waals surface area contributed by atoms with Gasteiger partial charge in [0.25, 0.3) is 0 Å². The molecular formula is C10H12IN3O. The summed E-state index contributed by atoms with van der Waals surface area (Å²) < 4.78 is 0.915. The van der Waals surface area contributed by atoms with Crippen molar-refractivity contribution in [3.63, 3.8) is 0 Å². The molecule has 2 aliphatic heterocycles. The first-order valence-electron chi connectivity index (χ1n) is 5.16. The van der Waals surface area contributed by atoms with E-state index >= 15 is 0 Å². The van der Waals surface area contributed by atoms with Gasteiger partial charge in [0, 0.05) is 24.9 Å². The Morgan fingerprint density at radius 1 is 1.27 bits per heavy atom.